The van der Waals surface area contributed by atoms with E-state index in [1.807, 2.05) is 0 Å². The van der Waals surface area contributed by atoms with Gasteiger partial charge in [0, 0.05) is 6.04 Å². The molecule has 0 bridgehead atoms. The summed E-state index contributed by atoms with van der Waals surface area (Å²) in [5.41, 5.74) is 3.89. The molecule has 0 amide bonds. The molecule has 2 rings (SSSR count). The smallest absolute Gasteiger partial charge is 0.416 e. The van der Waals surface area contributed by atoms with Crippen LogP contribution in [0.5, 0.6) is 0 Å². The Morgan fingerprint density at radius 2 is 1.95 bits per heavy atom. The van der Waals surface area contributed by atoms with Gasteiger partial charge in [-0.25, -0.2) is 0 Å². The maximum atomic E-state index is 12.5. The van der Waals surface area contributed by atoms with E-state index in [-0.39, 0.29) is 6.04 Å². The third-order valence-electron chi connectivity index (χ3n) is 3.33. The molecular formula is C14H17F3N2O. The van der Waals surface area contributed by atoms with Crippen molar-refractivity contribution in [2.75, 3.05) is 6.61 Å². The molecule has 0 aromatic heterocycles. The maximum Gasteiger partial charge on any atom is 0.416 e. The molecule has 6 heteroatoms. The highest BCUT2D eigenvalue weighted by molar-refractivity contribution is 5.27. The van der Waals surface area contributed by atoms with Gasteiger partial charge in [-0.2, -0.15) is 13.2 Å². The summed E-state index contributed by atoms with van der Waals surface area (Å²) in [6.07, 6.45) is -0.266. The van der Waals surface area contributed by atoms with Crippen molar-refractivity contribution in [3.63, 3.8) is 0 Å². The molecule has 0 radical (unpaired) electrons. The average Bonchev–Trinajstić information content (AvgIpc) is 2.45. The highest BCUT2D eigenvalue weighted by atomic mass is 19.4. The zero-order chi connectivity index (χ0) is 14.6. The fraction of sp³-hybridized carbons (Fsp3) is 0.429. The lowest BCUT2D eigenvalue weighted by Crippen LogP contribution is -2.39. The summed E-state index contributed by atoms with van der Waals surface area (Å²) in [6.45, 7) is 0.696. The molecule has 1 unspecified atom stereocenters. The van der Waals surface area contributed by atoms with Crippen molar-refractivity contribution in [2.24, 2.45) is 5.84 Å². The number of benzene rings is 1. The maximum absolute atomic E-state index is 12.5. The number of rotatable bonds is 4. The van der Waals surface area contributed by atoms with Gasteiger partial charge in [0.05, 0.1) is 18.4 Å². The fourth-order valence-electron chi connectivity index (χ4n) is 2.20. The van der Waals surface area contributed by atoms with E-state index in [1.54, 1.807) is 6.26 Å². The lowest BCUT2D eigenvalue weighted by molar-refractivity contribution is -0.137. The first kappa shape index (κ1) is 14.9. The van der Waals surface area contributed by atoms with E-state index in [1.165, 1.54) is 12.1 Å². The zero-order valence-electron chi connectivity index (χ0n) is 10.9. The second-order valence-corrected chi connectivity index (χ2v) is 4.79. The van der Waals surface area contributed by atoms with E-state index in [9.17, 15) is 13.2 Å². The van der Waals surface area contributed by atoms with Crippen LogP contribution >= 0.6 is 0 Å². The third-order valence-corrected chi connectivity index (χ3v) is 3.33. The van der Waals surface area contributed by atoms with Gasteiger partial charge in [-0.1, -0.05) is 12.1 Å². The van der Waals surface area contributed by atoms with Gasteiger partial charge in [-0.05, 0) is 42.5 Å². The lowest BCUT2D eigenvalue weighted by Gasteiger charge is -2.22. The van der Waals surface area contributed by atoms with Gasteiger partial charge in [0.15, 0.2) is 0 Å². The van der Waals surface area contributed by atoms with Crippen molar-refractivity contribution in [2.45, 2.75) is 31.5 Å². The van der Waals surface area contributed by atoms with Gasteiger partial charge in [-0.15, -0.1) is 0 Å². The van der Waals surface area contributed by atoms with Crippen LogP contribution in [0.15, 0.2) is 36.1 Å². The van der Waals surface area contributed by atoms with E-state index < -0.39 is 11.7 Å². The summed E-state index contributed by atoms with van der Waals surface area (Å²) in [5, 5.41) is 0. The molecule has 3 N–H and O–H groups in total. The fourth-order valence-corrected chi connectivity index (χ4v) is 2.20. The number of hydrazine groups is 1. The Balaban J connectivity index is 2.06. The molecule has 1 heterocycles. The molecule has 1 aromatic rings. The predicted molar refractivity (Wildman–Crippen MR) is 69.5 cm³/mol. The minimum absolute atomic E-state index is 0.118. The molecule has 0 spiro atoms. The lowest BCUT2D eigenvalue weighted by atomic mass is 9.95. The Kier molecular flexibility index (Phi) is 4.67. The van der Waals surface area contributed by atoms with Gasteiger partial charge in [0.2, 0.25) is 0 Å². The third kappa shape index (κ3) is 3.74. The Morgan fingerprint density at radius 3 is 2.45 bits per heavy atom. The topological polar surface area (TPSA) is 47.3 Å². The minimum Gasteiger partial charge on any atom is -0.501 e. The predicted octanol–water partition coefficient (Wildman–Crippen LogP) is 2.77. The van der Waals surface area contributed by atoms with E-state index >= 15 is 0 Å². The molecule has 3 nitrogen and oxygen atoms in total. The number of nitrogens with one attached hydrogen (secondary N) is 1. The van der Waals surface area contributed by atoms with Crippen molar-refractivity contribution < 1.29 is 17.9 Å². The molecule has 1 aliphatic rings. The SMILES string of the molecule is NNC(Cc1ccc(C(F)(F)F)cc1)C1=COCCC1. The first-order valence-corrected chi connectivity index (χ1v) is 6.43. The van der Waals surface area contributed by atoms with Gasteiger partial charge in [0.1, 0.15) is 0 Å². The highest BCUT2D eigenvalue weighted by Crippen LogP contribution is 2.29. The van der Waals surface area contributed by atoms with Crippen LogP contribution in [0.2, 0.25) is 0 Å². The number of halogens is 3. The molecule has 110 valence electrons. The highest BCUT2D eigenvalue weighted by Gasteiger charge is 2.30. The first-order valence-electron chi connectivity index (χ1n) is 6.43. The summed E-state index contributed by atoms with van der Waals surface area (Å²) >= 11 is 0. The number of nitrogens with two attached hydrogens (primary N) is 1. The molecule has 20 heavy (non-hydrogen) atoms. The minimum atomic E-state index is -4.30. The summed E-state index contributed by atoms with van der Waals surface area (Å²) in [5.74, 6) is 5.52. The first-order chi connectivity index (χ1) is 9.50. The molecule has 0 fully saturated rings. The molecule has 1 aliphatic heterocycles. The van der Waals surface area contributed by atoms with Crippen LogP contribution in [-0.2, 0) is 17.3 Å². The molecule has 1 atom stereocenters. The van der Waals surface area contributed by atoms with Gasteiger partial charge in [-0.3, -0.25) is 11.3 Å². The number of hydrogen-bond donors (Lipinski definition) is 2. The van der Waals surface area contributed by atoms with Crippen LogP contribution in [0, 0.1) is 0 Å². The quantitative estimate of drug-likeness (QED) is 0.661. The van der Waals surface area contributed by atoms with Crippen LogP contribution in [0.1, 0.15) is 24.0 Å². The number of ether oxygens (including phenoxy) is 1. The van der Waals surface area contributed by atoms with Crippen LogP contribution < -0.4 is 11.3 Å². The van der Waals surface area contributed by atoms with E-state index in [4.69, 9.17) is 10.6 Å². The van der Waals surface area contributed by atoms with Crippen LogP contribution in [0.3, 0.4) is 0 Å². The normalized spacial score (nSPS) is 17.3. The van der Waals surface area contributed by atoms with Gasteiger partial charge >= 0.3 is 6.18 Å². The number of alkyl halides is 3. The van der Waals surface area contributed by atoms with Crippen LogP contribution in [0.4, 0.5) is 13.2 Å². The molecule has 0 aliphatic carbocycles. The summed E-state index contributed by atoms with van der Waals surface area (Å²) in [7, 11) is 0. The van der Waals surface area contributed by atoms with Crippen LogP contribution in [-0.4, -0.2) is 12.6 Å². The Labute approximate surface area is 115 Å². The summed E-state index contributed by atoms with van der Waals surface area (Å²) in [4.78, 5) is 0. The second kappa shape index (κ2) is 6.28. The van der Waals surface area contributed by atoms with E-state index in [0.717, 1.165) is 36.1 Å². The summed E-state index contributed by atoms with van der Waals surface area (Å²) < 4.78 is 42.7. The van der Waals surface area contributed by atoms with Crippen LogP contribution in [0.25, 0.3) is 0 Å². The Bertz CT molecular complexity index is 468. The molecule has 0 saturated heterocycles. The van der Waals surface area contributed by atoms with Crippen molar-refractivity contribution in [3.05, 3.63) is 47.2 Å². The van der Waals surface area contributed by atoms with Crippen molar-refractivity contribution in [3.8, 4) is 0 Å². The van der Waals surface area contributed by atoms with Crippen molar-refractivity contribution in [1.82, 2.24) is 5.43 Å². The van der Waals surface area contributed by atoms with Gasteiger partial charge < -0.3 is 4.74 Å². The largest absolute Gasteiger partial charge is 0.501 e. The van der Waals surface area contributed by atoms with E-state index in [0.29, 0.717) is 13.0 Å². The summed E-state index contributed by atoms with van der Waals surface area (Å²) in [6, 6.07) is 5.03. The Morgan fingerprint density at radius 1 is 1.25 bits per heavy atom. The van der Waals surface area contributed by atoms with E-state index in [2.05, 4.69) is 5.43 Å². The second-order valence-electron chi connectivity index (χ2n) is 4.79. The monoisotopic (exact) mass is 286 g/mol. The Hall–Kier alpha value is -1.53. The molecule has 1 aromatic carbocycles. The number of hydrogen-bond acceptors (Lipinski definition) is 3. The molecule has 0 saturated carbocycles. The zero-order valence-corrected chi connectivity index (χ0v) is 10.9. The average molecular weight is 286 g/mol. The van der Waals surface area contributed by atoms with Gasteiger partial charge in [0.25, 0.3) is 0 Å². The van der Waals surface area contributed by atoms with Crippen molar-refractivity contribution in [1.29, 1.82) is 0 Å². The molecular weight excluding hydrogens is 269 g/mol. The van der Waals surface area contributed by atoms with Crippen molar-refractivity contribution >= 4 is 0 Å². The standard InChI is InChI=1S/C14H17F3N2O/c15-14(16,17)12-5-3-10(4-6-12)8-13(19-18)11-2-1-7-20-9-11/h3-6,9,13,19H,1-2,7-8,18H2.